The van der Waals surface area contributed by atoms with Crippen LogP contribution in [0, 0.1) is 0 Å². The Morgan fingerprint density at radius 3 is 2.41 bits per heavy atom. The molecule has 0 saturated heterocycles. The van der Waals surface area contributed by atoms with Gasteiger partial charge in [-0.1, -0.05) is 13.8 Å². The van der Waals surface area contributed by atoms with E-state index >= 15 is 0 Å². The molecule has 0 amide bonds. The zero-order valence-electron chi connectivity index (χ0n) is 10.6. The second-order valence-electron chi connectivity index (χ2n) is 4.83. The first-order chi connectivity index (χ1) is 8.00. The van der Waals surface area contributed by atoms with Gasteiger partial charge in [0.05, 0.1) is 6.20 Å². The van der Waals surface area contributed by atoms with E-state index in [-0.39, 0.29) is 11.6 Å². The van der Waals surface area contributed by atoms with Gasteiger partial charge in [-0.15, -0.1) is 0 Å². The third-order valence-corrected chi connectivity index (χ3v) is 2.83. The summed E-state index contributed by atoms with van der Waals surface area (Å²) in [6.07, 6.45) is 3.20. The second kappa shape index (κ2) is 4.28. The minimum atomic E-state index is -0.0997. The number of nitrogens with zero attached hydrogens (tertiary/aromatic N) is 3. The van der Waals surface area contributed by atoms with Crippen LogP contribution in [-0.4, -0.2) is 14.5 Å². The minimum absolute atomic E-state index is 0.0883. The maximum Gasteiger partial charge on any atom is 0.270 e. The van der Waals surface area contributed by atoms with Crippen LogP contribution in [-0.2, 0) is 0 Å². The average molecular weight is 231 g/mol. The Bertz CT molecular complexity index is 599. The molecule has 0 saturated carbocycles. The van der Waals surface area contributed by atoms with Crippen LogP contribution in [0.1, 0.15) is 45.2 Å². The third kappa shape index (κ3) is 2.07. The molecule has 2 rings (SSSR count). The number of aromatic nitrogens is 3. The van der Waals surface area contributed by atoms with E-state index in [2.05, 4.69) is 23.8 Å². The highest BCUT2D eigenvalue weighted by Gasteiger charge is 2.10. The quantitative estimate of drug-likeness (QED) is 0.797. The summed E-state index contributed by atoms with van der Waals surface area (Å²) < 4.78 is 1.67. The number of fused-ring (bicyclic) bond motifs is 1. The highest BCUT2D eigenvalue weighted by molar-refractivity contribution is 5.70. The fraction of sp³-hybridized carbons (Fsp3) is 0.462. The van der Waals surface area contributed by atoms with E-state index in [1.165, 1.54) is 6.20 Å². The van der Waals surface area contributed by atoms with Gasteiger partial charge in [-0.3, -0.25) is 9.36 Å². The molecule has 0 aliphatic heterocycles. The summed E-state index contributed by atoms with van der Waals surface area (Å²) in [5.74, 6) is 0.410. The fourth-order valence-corrected chi connectivity index (χ4v) is 1.85. The van der Waals surface area contributed by atoms with E-state index in [0.29, 0.717) is 11.6 Å². The van der Waals surface area contributed by atoms with Crippen molar-refractivity contribution < 1.29 is 0 Å². The second-order valence-corrected chi connectivity index (χ2v) is 4.83. The van der Waals surface area contributed by atoms with Crippen molar-refractivity contribution >= 4 is 11.2 Å². The lowest BCUT2D eigenvalue weighted by atomic mass is 10.1. The van der Waals surface area contributed by atoms with Gasteiger partial charge in [0, 0.05) is 12.2 Å². The highest BCUT2D eigenvalue weighted by atomic mass is 16.1. The van der Waals surface area contributed by atoms with E-state index < -0.39 is 0 Å². The molecule has 0 bridgehead atoms. The van der Waals surface area contributed by atoms with Gasteiger partial charge in [0.25, 0.3) is 5.56 Å². The van der Waals surface area contributed by atoms with E-state index in [1.54, 1.807) is 4.57 Å². The van der Waals surface area contributed by atoms with Gasteiger partial charge in [-0.05, 0) is 31.4 Å². The molecule has 0 spiro atoms. The van der Waals surface area contributed by atoms with Crippen LogP contribution in [0.15, 0.2) is 23.3 Å². The standard InChI is InChI=1S/C13H17N3O/c1-8(2)10-5-11-13(15-6-10)16(9(3)4)12(17)7-14-11/h5-9H,1-4H3. The Morgan fingerprint density at radius 2 is 1.82 bits per heavy atom. The molecular formula is C13H17N3O. The Kier molecular flexibility index (Phi) is 2.96. The van der Waals surface area contributed by atoms with E-state index in [0.717, 1.165) is 11.1 Å². The molecule has 4 heteroatoms. The number of rotatable bonds is 2. The summed E-state index contributed by atoms with van der Waals surface area (Å²) in [5.41, 5.74) is 2.48. The van der Waals surface area contributed by atoms with Gasteiger partial charge in [0.15, 0.2) is 5.65 Å². The summed E-state index contributed by atoms with van der Waals surface area (Å²) in [6, 6.07) is 2.09. The summed E-state index contributed by atoms with van der Waals surface area (Å²) in [5, 5.41) is 0. The van der Waals surface area contributed by atoms with Crippen LogP contribution in [0.4, 0.5) is 0 Å². The first-order valence-corrected chi connectivity index (χ1v) is 5.88. The van der Waals surface area contributed by atoms with Crippen LogP contribution in [0.5, 0.6) is 0 Å². The Morgan fingerprint density at radius 1 is 1.12 bits per heavy atom. The molecule has 4 nitrogen and oxygen atoms in total. The van der Waals surface area contributed by atoms with Crippen LogP contribution in [0.3, 0.4) is 0 Å². The molecule has 0 N–H and O–H groups in total. The van der Waals surface area contributed by atoms with E-state index in [9.17, 15) is 4.79 Å². The first kappa shape index (κ1) is 11.8. The van der Waals surface area contributed by atoms with Crippen molar-refractivity contribution in [2.45, 2.75) is 39.7 Å². The molecule has 0 atom stereocenters. The predicted octanol–water partition coefficient (Wildman–Crippen LogP) is 2.50. The van der Waals surface area contributed by atoms with Crippen molar-refractivity contribution in [1.82, 2.24) is 14.5 Å². The van der Waals surface area contributed by atoms with E-state index in [4.69, 9.17) is 0 Å². The van der Waals surface area contributed by atoms with Crippen LogP contribution >= 0.6 is 0 Å². The topological polar surface area (TPSA) is 47.8 Å². The van der Waals surface area contributed by atoms with Gasteiger partial charge in [0.1, 0.15) is 5.52 Å². The van der Waals surface area contributed by atoms with Gasteiger partial charge in [-0.25, -0.2) is 9.97 Å². The normalized spacial score (nSPS) is 11.6. The summed E-state index contributed by atoms with van der Waals surface area (Å²) in [4.78, 5) is 20.3. The largest absolute Gasteiger partial charge is 0.288 e. The molecule has 2 aromatic heterocycles. The summed E-state index contributed by atoms with van der Waals surface area (Å²) in [6.45, 7) is 8.17. The molecule has 0 aliphatic carbocycles. The Hall–Kier alpha value is -1.71. The lowest BCUT2D eigenvalue weighted by molar-refractivity contribution is 0.592. The molecule has 0 aliphatic rings. The lowest BCUT2D eigenvalue weighted by Crippen LogP contribution is -2.23. The zero-order valence-corrected chi connectivity index (χ0v) is 10.6. The molecule has 2 heterocycles. The molecule has 0 unspecified atom stereocenters. The lowest BCUT2D eigenvalue weighted by Gasteiger charge is -2.13. The molecule has 90 valence electrons. The molecule has 0 aromatic carbocycles. The SMILES string of the molecule is CC(C)c1cnc2c(c1)ncc(=O)n2C(C)C. The fourth-order valence-electron chi connectivity index (χ4n) is 1.85. The maximum atomic E-state index is 11.8. The van der Waals surface area contributed by atoms with Gasteiger partial charge in [-0.2, -0.15) is 0 Å². The van der Waals surface area contributed by atoms with Crippen molar-refractivity contribution in [2.24, 2.45) is 0 Å². The van der Waals surface area contributed by atoms with Crippen molar-refractivity contribution in [3.05, 3.63) is 34.4 Å². The maximum absolute atomic E-state index is 11.8. The minimum Gasteiger partial charge on any atom is -0.288 e. The third-order valence-electron chi connectivity index (χ3n) is 2.83. The Labute approximate surface area is 100 Å². The number of hydrogen-bond donors (Lipinski definition) is 0. The summed E-state index contributed by atoms with van der Waals surface area (Å²) in [7, 11) is 0. The Balaban J connectivity index is 2.75. The van der Waals surface area contributed by atoms with Crippen LogP contribution < -0.4 is 5.56 Å². The smallest absolute Gasteiger partial charge is 0.270 e. The van der Waals surface area contributed by atoms with Gasteiger partial charge < -0.3 is 0 Å². The molecule has 17 heavy (non-hydrogen) atoms. The number of pyridine rings is 1. The molecular weight excluding hydrogens is 214 g/mol. The zero-order chi connectivity index (χ0) is 12.6. The van der Waals surface area contributed by atoms with E-state index in [1.807, 2.05) is 26.1 Å². The average Bonchev–Trinajstić information content (AvgIpc) is 2.27. The molecule has 0 radical (unpaired) electrons. The van der Waals surface area contributed by atoms with Crippen molar-refractivity contribution in [3.8, 4) is 0 Å². The molecule has 2 aromatic rings. The first-order valence-electron chi connectivity index (χ1n) is 5.88. The molecule has 0 fully saturated rings. The van der Waals surface area contributed by atoms with Crippen molar-refractivity contribution in [2.75, 3.05) is 0 Å². The van der Waals surface area contributed by atoms with Gasteiger partial charge >= 0.3 is 0 Å². The summed E-state index contributed by atoms with van der Waals surface area (Å²) >= 11 is 0. The van der Waals surface area contributed by atoms with Crippen molar-refractivity contribution in [3.63, 3.8) is 0 Å². The van der Waals surface area contributed by atoms with Crippen molar-refractivity contribution in [1.29, 1.82) is 0 Å². The van der Waals surface area contributed by atoms with Crippen LogP contribution in [0.2, 0.25) is 0 Å². The number of hydrogen-bond acceptors (Lipinski definition) is 3. The predicted molar refractivity (Wildman–Crippen MR) is 68.3 cm³/mol. The van der Waals surface area contributed by atoms with Crippen LogP contribution in [0.25, 0.3) is 11.2 Å². The highest BCUT2D eigenvalue weighted by Crippen LogP contribution is 2.18. The monoisotopic (exact) mass is 231 g/mol. The van der Waals surface area contributed by atoms with Gasteiger partial charge in [0.2, 0.25) is 0 Å².